The number of carbonyl (C=O) groups is 1. The van der Waals surface area contributed by atoms with Gasteiger partial charge >= 0.3 is 6.09 Å². The van der Waals surface area contributed by atoms with E-state index in [1.54, 1.807) is 22.9 Å². The molecule has 0 saturated carbocycles. The number of aryl methyl sites for hydroxylation is 1. The molecule has 0 unspecified atom stereocenters. The molecule has 1 fully saturated rings. The number of nitriles is 1. The highest BCUT2D eigenvalue weighted by atomic mass is 32.2. The highest BCUT2D eigenvalue weighted by Crippen LogP contribution is 2.37. The van der Waals surface area contributed by atoms with Crippen LogP contribution in [-0.4, -0.2) is 79.1 Å². The summed E-state index contributed by atoms with van der Waals surface area (Å²) in [6.07, 6.45) is 6.90. The number of anilines is 1. The van der Waals surface area contributed by atoms with E-state index in [1.165, 1.54) is 4.90 Å². The fraction of sp³-hybridized carbons (Fsp3) is 0.517. The first kappa shape index (κ1) is 31.5. The summed E-state index contributed by atoms with van der Waals surface area (Å²) in [5.41, 5.74) is 2.78. The number of hydrogen-bond donors (Lipinski definition) is 2. The van der Waals surface area contributed by atoms with Crippen LogP contribution in [0.15, 0.2) is 29.4 Å². The van der Waals surface area contributed by atoms with Gasteiger partial charge in [0, 0.05) is 63.4 Å². The summed E-state index contributed by atoms with van der Waals surface area (Å²) in [6.45, 7) is 10.4. The van der Waals surface area contributed by atoms with Gasteiger partial charge in [0.2, 0.25) is 5.95 Å². The van der Waals surface area contributed by atoms with E-state index >= 15 is 0 Å². The minimum Gasteiger partial charge on any atom is -0.465 e. The van der Waals surface area contributed by atoms with Crippen LogP contribution in [0.4, 0.5) is 10.7 Å². The fourth-order valence-electron chi connectivity index (χ4n) is 5.27. The Morgan fingerprint density at radius 2 is 2.07 bits per heavy atom. The van der Waals surface area contributed by atoms with E-state index in [1.807, 2.05) is 12.3 Å². The first-order valence-corrected chi connectivity index (χ1v) is 19.9. The van der Waals surface area contributed by atoms with Crippen molar-refractivity contribution < 1.29 is 23.1 Å². The van der Waals surface area contributed by atoms with Gasteiger partial charge in [-0.2, -0.15) is 5.26 Å². The van der Waals surface area contributed by atoms with Crippen LogP contribution in [0.25, 0.3) is 22.2 Å². The number of aromatic nitrogens is 3. The van der Waals surface area contributed by atoms with Crippen LogP contribution in [0.5, 0.6) is 0 Å². The minimum atomic E-state index is -3.77. The van der Waals surface area contributed by atoms with Crippen molar-refractivity contribution in [3.63, 3.8) is 0 Å². The quantitative estimate of drug-likeness (QED) is 0.220. The van der Waals surface area contributed by atoms with Gasteiger partial charge in [0.15, 0.2) is 9.84 Å². The van der Waals surface area contributed by atoms with Gasteiger partial charge in [-0.25, -0.2) is 23.2 Å². The van der Waals surface area contributed by atoms with Gasteiger partial charge in [0.05, 0.1) is 16.8 Å². The lowest BCUT2D eigenvalue weighted by Gasteiger charge is -2.31. The molecule has 1 atom stereocenters. The van der Waals surface area contributed by atoms with Crippen molar-refractivity contribution in [1.82, 2.24) is 19.4 Å². The van der Waals surface area contributed by atoms with Crippen molar-refractivity contribution in [2.45, 2.75) is 76.0 Å². The maximum Gasteiger partial charge on any atom is 0.407 e. The molecule has 0 radical (unpaired) electrons. The molecule has 2 N–H and O–H groups in total. The summed E-state index contributed by atoms with van der Waals surface area (Å²) in [5.74, 6) is 0.381. The summed E-state index contributed by atoms with van der Waals surface area (Å²) in [4.78, 5) is 22.3. The van der Waals surface area contributed by atoms with E-state index in [4.69, 9.17) is 9.72 Å². The van der Waals surface area contributed by atoms with Crippen LogP contribution in [0.3, 0.4) is 0 Å². The molecule has 226 valence electrons. The van der Waals surface area contributed by atoms with Crippen LogP contribution < -0.4 is 5.32 Å². The van der Waals surface area contributed by atoms with E-state index in [0.717, 1.165) is 42.7 Å². The van der Waals surface area contributed by atoms with Crippen LogP contribution in [0.2, 0.25) is 25.7 Å². The number of piperidine rings is 1. The Kier molecular flexibility index (Phi) is 9.59. The molecule has 1 aliphatic heterocycles. The molecule has 0 aliphatic carbocycles. The number of rotatable bonds is 11. The molecular weight excluding hydrogens is 573 g/mol. The molecule has 0 spiro atoms. The van der Waals surface area contributed by atoms with Gasteiger partial charge in [0.25, 0.3) is 0 Å². The molecule has 2 aromatic heterocycles. The molecule has 0 bridgehead atoms. The van der Waals surface area contributed by atoms with Gasteiger partial charge in [-0.05, 0) is 36.9 Å². The van der Waals surface area contributed by atoms with Crippen molar-refractivity contribution in [3.8, 4) is 17.3 Å². The first-order chi connectivity index (χ1) is 19.8. The molecule has 3 heterocycles. The van der Waals surface area contributed by atoms with Crippen molar-refractivity contribution >= 4 is 40.9 Å². The number of nitrogens with zero attached hydrogens (tertiary/aromatic N) is 5. The van der Waals surface area contributed by atoms with E-state index in [-0.39, 0.29) is 23.2 Å². The Morgan fingerprint density at radius 1 is 1.31 bits per heavy atom. The summed E-state index contributed by atoms with van der Waals surface area (Å²) in [6, 6.07) is 6.19. The lowest BCUT2D eigenvalue weighted by molar-refractivity contribution is 0.0900. The second kappa shape index (κ2) is 12.8. The number of nitrogens with one attached hydrogen (secondary N) is 1. The third kappa shape index (κ3) is 7.29. The van der Waals surface area contributed by atoms with Gasteiger partial charge < -0.3 is 24.6 Å². The lowest BCUT2D eigenvalue weighted by Crippen LogP contribution is -2.44. The standard InChI is InChI=1S/C29H40N6O5SSi/c1-6-8-21-16-31-28(32-22-9-7-12-34(17-22)29(36)37)33-25(21)24-18-35(19-40-13-14-42(3,4)5)26-23(24)11-10-20(15-30)27(26)41(2,38)39/h10-11,16,18,22H,6-9,12-14,17,19H2,1-5H3,(H,36,37)(H,31,32,33)/t22-/m0/s1. The minimum absolute atomic E-state index is 0.0250. The van der Waals surface area contributed by atoms with Gasteiger partial charge in [-0.15, -0.1) is 0 Å². The molecular formula is C29H40N6O5SSi. The maximum absolute atomic E-state index is 13.0. The SMILES string of the molecule is CCCc1cnc(N[C@H]2CCCN(C(=O)O)C2)nc1-c1cn(COCC[Si](C)(C)C)c2c(S(C)(=O)=O)c(C#N)ccc12. The Balaban J connectivity index is 1.83. The molecule has 1 amide bonds. The first-order valence-electron chi connectivity index (χ1n) is 14.3. The Bertz CT molecular complexity index is 1610. The number of ether oxygens (including phenoxy) is 1. The average Bonchev–Trinajstić information content (AvgIpc) is 3.28. The van der Waals surface area contributed by atoms with E-state index in [0.29, 0.717) is 48.7 Å². The van der Waals surface area contributed by atoms with Gasteiger partial charge in [-0.3, -0.25) is 0 Å². The zero-order valence-corrected chi connectivity index (χ0v) is 26.8. The van der Waals surface area contributed by atoms with Gasteiger partial charge in [0.1, 0.15) is 17.7 Å². The molecule has 1 saturated heterocycles. The van der Waals surface area contributed by atoms with Crippen LogP contribution >= 0.6 is 0 Å². The number of likely N-dealkylation sites (tertiary alicyclic amines) is 1. The number of carboxylic acid groups (broad SMARTS) is 1. The van der Waals surface area contributed by atoms with Crippen molar-refractivity contribution in [2.24, 2.45) is 0 Å². The van der Waals surface area contributed by atoms with Crippen molar-refractivity contribution in [2.75, 3.05) is 31.3 Å². The topological polar surface area (TPSA) is 150 Å². The number of benzene rings is 1. The maximum atomic E-state index is 13.0. The number of amides is 1. The zero-order valence-electron chi connectivity index (χ0n) is 25.0. The zero-order chi connectivity index (χ0) is 30.7. The summed E-state index contributed by atoms with van der Waals surface area (Å²) < 4.78 is 33.9. The average molecular weight is 613 g/mol. The molecule has 13 heteroatoms. The van der Waals surface area contributed by atoms with Crippen molar-refractivity contribution in [3.05, 3.63) is 35.7 Å². The molecule has 1 aromatic carbocycles. The van der Waals surface area contributed by atoms with Crippen LogP contribution in [-0.2, 0) is 27.7 Å². The number of sulfone groups is 1. The molecule has 42 heavy (non-hydrogen) atoms. The third-order valence-corrected chi connectivity index (χ3v) is 10.2. The van der Waals surface area contributed by atoms with Gasteiger partial charge in [-0.1, -0.05) is 39.1 Å². The Hall–Kier alpha value is -3.47. The van der Waals surface area contributed by atoms with E-state index in [9.17, 15) is 23.6 Å². The Morgan fingerprint density at radius 3 is 2.71 bits per heavy atom. The molecule has 1 aliphatic rings. The molecule has 4 rings (SSSR count). The highest BCUT2D eigenvalue weighted by Gasteiger charge is 2.27. The van der Waals surface area contributed by atoms with E-state index < -0.39 is 24.0 Å². The normalized spacial score (nSPS) is 16.0. The second-order valence-corrected chi connectivity index (χ2v) is 19.7. The monoisotopic (exact) mass is 612 g/mol. The van der Waals surface area contributed by atoms with Crippen LogP contribution in [0.1, 0.15) is 37.3 Å². The summed E-state index contributed by atoms with van der Waals surface area (Å²) in [7, 11) is -5.10. The van der Waals surface area contributed by atoms with E-state index in [2.05, 4.69) is 36.9 Å². The summed E-state index contributed by atoms with van der Waals surface area (Å²) >= 11 is 0. The molecule has 11 nitrogen and oxygen atoms in total. The second-order valence-electron chi connectivity index (χ2n) is 12.1. The largest absolute Gasteiger partial charge is 0.465 e. The fourth-order valence-corrected chi connectivity index (χ4v) is 7.12. The number of fused-ring (bicyclic) bond motifs is 1. The Labute approximate surface area is 248 Å². The van der Waals surface area contributed by atoms with Crippen molar-refractivity contribution in [1.29, 1.82) is 5.26 Å². The predicted octanol–water partition coefficient (Wildman–Crippen LogP) is 5.19. The lowest BCUT2D eigenvalue weighted by atomic mass is 10.0. The predicted molar refractivity (Wildman–Crippen MR) is 165 cm³/mol. The number of hydrogen-bond acceptors (Lipinski definition) is 8. The van der Waals surface area contributed by atoms with Crippen LogP contribution in [0, 0.1) is 11.3 Å². The highest BCUT2D eigenvalue weighted by molar-refractivity contribution is 7.91. The summed E-state index contributed by atoms with van der Waals surface area (Å²) in [5, 5.41) is 23.2. The smallest absolute Gasteiger partial charge is 0.407 e. The third-order valence-electron chi connectivity index (χ3n) is 7.38. The molecule has 3 aromatic rings.